The highest BCUT2D eigenvalue weighted by Crippen LogP contribution is 2.18. The average molecular weight is 247 g/mol. The second-order valence-corrected chi connectivity index (χ2v) is 4.24. The van der Waals surface area contributed by atoms with Gasteiger partial charge in [-0.25, -0.2) is 4.39 Å². The molecule has 1 N–H and O–H groups in total. The van der Waals surface area contributed by atoms with Gasteiger partial charge in [-0.3, -0.25) is 4.68 Å². The van der Waals surface area contributed by atoms with E-state index >= 15 is 0 Å². The number of likely N-dealkylation sites (N-methyl/N-ethyl adjacent to an activating group) is 1. The monoisotopic (exact) mass is 247 g/mol. The van der Waals surface area contributed by atoms with E-state index in [1.807, 2.05) is 36.1 Å². The van der Waals surface area contributed by atoms with Crippen LogP contribution in [-0.4, -0.2) is 16.8 Å². The summed E-state index contributed by atoms with van der Waals surface area (Å²) in [6, 6.07) is 8.86. The Morgan fingerprint density at radius 2 is 2.00 bits per heavy atom. The second kappa shape index (κ2) is 5.78. The molecule has 1 unspecified atom stereocenters. The number of rotatable bonds is 5. The number of benzene rings is 1. The van der Waals surface area contributed by atoms with Gasteiger partial charge in [0.25, 0.3) is 0 Å². The zero-order valence-electron chi connectivity index (χ0n) is 10.7. The van der Waals surface area contributed by atoms with Crippen LogP contribution in [0.5, 0.6) is 0 Å². The van der Waals surface area contributed by atoms with Crippen molar-refractivity contribution in [3.05, 3.63) is 53.6 Å². The first-order valence-electron chi connectivity index (χ1n) is 6.18. The van der Waals surface area contributed by atoms with Crippen molar-refractivity contribution in [2.45, 2.75) is 25.9 Å². The molecule has 2 aromatic rings. The molecule has 0 bridgehead atoms. The molecule has 1 aromatic heterocycles. The molecule has 0 saturated heterocycles. The van der Waals surface area contributed by atoms with E-state index in [9.17, 15) is 4.39 Å². The molecular weight excluding hydrogens is 229 g/mol. The van der Waals surface area contributed by atoms with E-state index in [1.165, 1.54) is 12.1 Å². The number of hydrogen-bond acceptors (Lipinski definition) is 2. The lowest BCUT2D eigenvalue weighted by Gasteiger charge is -2.17. The topological polar surface area (TPSA) is 29.9 Å². The Labute approximate surface area is 107 Å². The molecule has 0 aliphatic heterocycles. The van der Waals surface area contributed by atoms with Gasteiger partial charge in [0.05, 0.1) is 11.7 Å². The molecular formula is C14H18FN3. The largest absolute Gasteiger partial charge is 0.311 e. The Morgan fingerprint density at radius 1 is 1.28 bits per heavy atom. The average Bonchev–Trinajstić information content (AvgIpc) is 2.86. The molecule has 1 aromatic carbocycles. The number of halogens is 1. The van der Waals surface area contributed by atoms with Gasteiger partial charge in [-0.15, -0.1) is 0 Å². The minimum Gasteiger partial charge on any atom is -0.311 e. The predicted molar refractivity (Wildman–Crippen MR) is 69.8 cm³/mol. The lowest BCUT2D eigenvalue weighted by atomic mass is 10.0. The van der Waals surface area contributed by atoms with Gasteiger partial charge in [0, 0.05) is 12.7 Å². The van der Waals surface area contributed by atoms with Gasteiger partial charge in [-0.05, 0) is 44.2 Å². The highest BCUT2D eigenvalue weighted by atomic mass is 19.1. The lowest BCUT2D eigenvalue weighted by molar-refractivity contribution is 0.513. The maximum Gasteiger partial charge on any atom is 0.123 e. The summed E-state index contributed by atoms with van der Waals surface area (Å²) in [7, 11) is 1.93. The van der Waals surface area contributed by atoms with Gasteiger partial charge in [0.15, 0.2) is 0 Å². The molecule has 0 spiro atoms. The van der Waals surface area contributed by atoms with Crippen molar-refractivity contribution in [2.75, 3.05) is 7.05 Å². The zero-order chi connectivity index (χ0) is 13.0. The molecule has 0 radical (unpaired) electrons. The maximum absolute atomic E-state index is 12.9. The summed E-state index contributed by atoms with van der Waals surface area (Å²) in [6.45, 7) is 2.92. The van der Waals surface area contributed by atoms with Crippen LogP contribution in [0, 0.1) is 5.82 Å². The minimum atomic E-state index is -0.196. The Morgan fingerprint density at radius 3 is 2.61 bits per heavy atom. The molecule has 1 heterocycles. The predicted octanol–water partition coefficient (Wildman–Crippen LogP) is 2.55. The van der Waals surface area contributed by atoms with Crippen LogP contribution in [0.3, 0.4) is 0 Å². The third-order valence-electron chi connectivity index (χ3n) is 3.11. The quantitative estimate of drug-likeness (QED) is 0.880. The van der Waals surface area contributed by atoms with Crippen LogP contribution in [0.1, 0.15) is 24.2 Å². The third-order valence-corrected chi connectivity index (χ3v) is 3.11. The van der Waals surface area contributed by atoms with Gasteiger partial charge in [0.2, 0.25) is 0 Å². The SMILES string of the molecule is CCn1nccc1C(Cc1ccc(F)cc1)NC. The zero-order valence-corrected chi connectivity index (χ0v) is 10.7. The minimum absolute atomic E-state index is 0.193. The smallest absolute Gasteiger partial charge is 0.123 e. The van der Waals surface area contributed by atoms with E-state index in [2.05, 4.69) is 17.3 Å². The van der Waals surface area contributed by atoms with Gasteiger partial charge in [0.1, 0.15) is 5.82 Å². The summed E-state index contributed by atoms with van der Waals surface area (Å²) < 4.78 is 14.8. The molecule has 1 atom stereocenters. The molecule has 4 heteroatoms. The standard InChI is InChI=1S/C14H18FN3/c1-3-18-14(8-9-17-18)13(16-2)10-11-4-6-12(15)7-5-11/h4-9,13,16H,3,10H2,1-2H3. The van der Waals surface area contributed by atoms with E-state index in [0.29, 0.717) is 0 Å². The van der Waals surface area contributed by atoms with Crippen molar-refractivity contribution in [1.82, 2.24) is 15.1 Å². The number of nitrogens with one attached hydrogen (secondary N) is 1. The first kappa shape index (κ1) is 12.8. The van der Waals surface area contributed by atoms with Crippen molar-refractivity contribution in [3.63, 3.8) is 0 Å². The van der Waals surface area contributed by atoms with Crippen molar-refractivity contribution in [2.24, 2.45) is 0 Å². The third kappa shape index (κ3) is 2.76. The van der Waals surface area contributed by atoms with Crippen molar-refractivity contribution >= 4 is 0 Å². The first-order valence-corrected chi connectivity index (χ1v) is 6.18. The lowest BCUT2D eigenvalue weighted by Crippen LogP contribution is -2.22. The van der Waals surface area contributed by atoms with Crippen LogP contribution >= 0.6 is 0 Å². The van der Waals surface area contributed by atoms with Gasteiger partial charge in [-0.2, -0.15) is 5.10 Å². The summed E-state index contributed by atoms with van der Waals surface area (Å²) >= 11 is 0. The van der Waals surface area contributed by atoms with Crippen molar-refractivity contribution in [1.29, 1.82) is 0 Å². The summed E-state index contributed by atoms with van der Waals surface area (Å²) in [5.74, 6) is -0.196. The van der Waals surface area contributed by atoms with Crippen LogP contribution in [-0.2, 0) is 13.0 Å². The van der Waals surface area contributed by atoms with E-state index in [4.69, 9.17) is 0 Å². The van der Waals surface area contributed by atoms with Crippen LogP contribution in [0.4, 0.5) is 4.39 Å². The van der Waals surface area contributed by atoms with Crippen LogP contribution in [0.2, 0.25) is 0 Å². The van der Waals surface area contributed by atoms with Crippen LogP contribution in [0.25, 0.3) is 0 Å². The highest BCUT2D eigenvalue weighted by Gasteiger charge is 2.14. The maximum atomic E-state index is 12.9. The van der Waals surface area contributed by atoms with Gasteiger partial charge in [-0.1, -0.05) is 12.1 Å². The fourth-order valence-corrected chi connectivity index (χ4v) is 2.11. The fraction of sp³-hybridized carbons (Fsp3) is 0.357. The Bertz CT molecular complexity index is 490. The highest BCUT2D eigenvalue weighted by molar-refractivity contribution is 5.20. The van der Waals surface area contributed by atoms with Crippen molar-refractivity contribution in [3.8, 4) is 0 Å². The Hall–Kier alpha value is -1.68. The molecule has 0 aliphatic carbocycles. The van der Waals surface area contributed by atoms with E-state index < -0.39 is 0 Å². The van der Waals surface area contributed by atoms with E-state index in [-0.39, 0.29) is 11.9 Å². The summed E-state index contributed by atoms with van der Waals surface area (Å²) in [6.07, 6.45) is 2.64. The molecule has 0 amide bonds. The van der Waals surface area contributed by atoms with Crippen LogP contribution in [0.15, 0.2) is 36.5 Å². The molecule has 3 nitrogen and oxygen atoms in total. The number of aromatic nitrogens is 2. The summed E-state index contributed by atoms with van der Waals surface area (Å²) in [4.78, 5) is 0. The molecule has 18 heavy (non-hydrogen) atoms. The molecule has 0 fully saturated rings. The first-order chi connectivity index (χ1) is 8.74. The van der Waals surface area contributed by atoms with E-state index in [0.717, 1.165) is 24.2 Å². The number of nitrogens with zero attached hydrogens (tertiary/aromatic N) is 2. The molecule has 0 aliphatic rings. The Balaban J connectivity index is 2.17. The normalized spacial score (nSPS) is 12.6. The van der Waals surface area contributed by atoms with E-state index in [1.54, 1.807) is 0 Å². The molecule has 0 saturated carbocycles. The number of hydrogen-bond donors (Lipinski definition) is 1. The van der Waals surface area contributed by atoms with Gasteiger partial charge >= 0.3 is 0 Å². The van der Waals surface area contributed by atoms with Crippen molar-refractivity contribution < 1.29 is 4.39 Å². The van der Waals surface area contributed by atoms with Gasteiger partial charge < -0.3 is 5.32 Å². The fourth-order valence-electron chi connectivity index (χ4n) is 2.11. The Kier molecular flexibility index (Phi) is 4.10. The van der Waals surface area contributed by atoms with Crippen LogP contribution < -0.4 is 5.32 Å². The summed E-state index contributed by atoms with van der Waals surface area (Å²) in [5, 5.41) is 7.56. The molecule has 2 rings (SSSR count). The number of aryl methyl sites for hydroxylation is 1. The molecule has 96 valence electrons. The summed E-state index contributed by atoms with van der Waals surface area (Å²) in [5.41, 5.74) is 2.27. The second-order valence-electron chi connectivity index (χ2n) is 4.24.